The summed E-state index contributed by atoms with van der Waals surface area (Å²) in [6.07, 6.45) is -5.01. The van der Waals surface area contributed by atoms with Crippen molar-refractivity contribution < 1.29 is 27.1 Å². The van der Waals surface area contributed by atoms with Crippen molar-refractivity contribution in [3.05, 3.63) is 101 Å². The number of anilines is 1. The maximum atomic E-state index is 14.6. The van der Waals surface area contributed by atoms with Crippen LogP contribution in [0.15, 0.2) is 83.9 Å². The van der Waals surface area contributed by atoms with Crippen LogP contribution in [0.25, 0.3) is 0 Å². The van der Waals surface area contributed by atoms with Gasteiger partial charge in [0.05, 0.1) is 18.3 Å². The molecule has 0 fully saturated rings. The lowest BCUT2D eigenvalue weighted by molar-refractivity contribution is -0.265. The summed E-state index contributed by atoms with van der Waals surface area (Å²) in [6.45, 7) is -0.0296. The molecule has 0 aliphatic carbocycles. The van der Waals surface area contributed by atoms with Gasteiger partial charge in [0.25, 0.3) is 11.5 Å². The predicted molar refractivity (Wildman–Crippen MR) is 130 cm³/mol. The Balaban J connectivity index is 1.65. The SMILES string of the molecule is CO[C@](C(=O)NCC1CN=C(c2ccccc2F)c2ccccc2N1C)(c1ccccc1)C(F)(F)F. The number of halogens is 4. The molecule has 1 N–H and O–H groups in total. The van der Waals surface area contributed by atoms with Gasteiger partial charge in [-0.3, -0.25) is 9.79 Å². The van der Waals surface area contributed by atoms with Gasteiger partial charge in [-0.15, -0.1) is 0 Å². The summed E-state index contributed by atoms with van der Waals surface area (Å²) in [5.74, 6) is -1.76. The van der Waals surface area contributed by atoms with E-state index >= 15 is 0 Å². The first-order valence-electron chi connectivity index (χ1n) is 11.3. The van der Waals surface area contributed by atoms with E-state index in [1.165, 1.54) is 30.3 Å². The molecule has 3 aromatic carbocycles. The smallest absolute Gasteiger partial charge is 0.367 e. The van der Waals surface area contributed by atoms with Crippen molar-refractivity contribution in [1.82, 2.24) is 5.32 Å². The zero-order chi connectivity index (χ0) is 25.9. The number of nitrogens with zero attached hydrogens (tertiary/aromatic N) is 2. The first kappa shape index (κ1) is 25.4. The lowest BCUT2D eigenvalue weighted by Gasteiger charge is -2.35. The van der Waals surface area contributed by atoms with Crippen LogP contribution in [0.2, 0.25) is 0 Å². The van der Waals surface area contributed by atoms with E-state index < -0.39 is 29.5 Å². The van der Waals surface area contributed by atoms with Crippen molar-refractivity contribution in [3.63, 3.8) is 0 Å². The van der Waals surface area contributed by atoms with Gasteiger partial charge in [-0.1, -0.05) is 60.7 Å². The maximum Gasteiger partial charge on any atom is 0.430 e. The van der Waals surface area contributed by atoms with Crippen LogP contribution in [0, 0.1) is 5.82 Å². The standard InChI is InChI=1S/C27H25F4N3O2/c1-34-19(17-33-25(35)26(36-2,27(29,30)31)18-10-4-3-5-11-18)16-32-24(20-12-6-8-14-22(20)28)21-13-7-9-15-23(21)34/h3-15,19H,16-17H2,1-2H3,(H,33,35)/t19?,26-/m0/s1. The number of ether oxygens (including phenoxy) is 1. The number of alkyl halides is 3. The number of benzene rings is 3. The highest BCUT2D eigenvalue weighted by Gasteiger charge is 2.62. The highest BCUT2D eigenvalue weighted by Crippen LogP contribution is 2.42. The summed E-state index contributed by atoms with van der Waals surface area (Å²) >= 11 is 0. The minimum absolute atomic E-state index is 0.118. The van der Waals surface area contributed by atoms with E-state index in [2.05, 4.69) is 10.3 Å². The van der Waals surface area contributed by atoms with Crippen molar-refractivity contribution >= 4 is 17.3 Å². The molecule has 9 heteroatoms. The number of carbonyl (C=O) groups excluding carboxylic acids is 1. The van der Waals surface area contributed by atoms with Gasteiger partial charge in [0.1, 0.15) is 5.82 Å². The van der Waals surface area contributed by atoms with Crippen LogP contribution in [0.3, 0.4) is 0 Å². The predicted octanol–water partition coefficient (Wildman–Crippen LogP) is 4.70. The Morgan fingerprint density at radius 1 is 1.00 bits per heavy atom. The van der Waals surface area contributed by atoms with Gasteiger partial charge in [-0.2, -0.15) is 13.2 Å². The van der Waals surface area contributed by atoms with E-state index in [0.717, 1.165) is 7.11 Å². The van der Waals surface area contributed by atoms with Crippen molar-refractivity contribution in [1.29, 1.82) is 0 Å². The summed E-state index contributed by atoms with van der Waals surface area (Å²) in [5, 5.41) is 2.44. The van der Waals surface area contributed by atoms with Gasteiger partial charge in [0.2, 0.25) is 0 Å². The molecule has 0 bridgehead atoms. The molecule has 188 valence electrons. The topological polar surface area (TPSA) is 53.9 Å². The fourth-order valence-electron chi connectivity index (χ4n) is 4.43. The lowest BCUT2D eigenvalue weighted by atomic mass is 9.91. The Morgan fingerprint density at radius 2 is 1.61 bits per heavy atom. The molecule has 0 saturated carbocycles. The van der Waals surface area contributed by atoms with Gasteiger partial charge >= 0.3 is 6.18 Å². The fourth-order valence-corrected chi connectivity index (χ4v) is 4.43. The second-order valence-corrected chi connectivity index (χ2v) is 8.41. The Morgan fingerprint density at radius 3 is 2.25 bits per heavy atom. The maximum absolute atomic E-state index is 14.6. The van der Waals surface area contributed by atoms with E-state index in [1.807, 2.05) is 23.1 Å². The van der Waals surface area contributed by atoms with E-state index in [1.54, 1.807) is 37.4 Å². The van der Waals surface area contributed by atoms with Crippen LogP contribution in [-0.4, -0.2) is 51.1 Å². The van der Waals surface area contributed by atoms with E-state index in [-0.39, 0.29) is 18.7 Å². The molecular weight excluding hydrogens is 474 g/mol. The largest absolute Gasteiger partial charge is 0.430 e. The molecule has 3 aromatic rings. The quantitative estimate of drug-likeness (QED) is 0.501. The van der Waals surface area contributed by atoms with Gasteiger partial charge in [0, 0.05) is 43.1 Å². The van der Waals surface area contributed by atoms with E-state index in [0.29, 0.717) is 22.5 Å². The summed E-state index contributed by atoms with van der Waals surface area (Å²) in [5.41, 5.74) is -1.33. The number of rotatable bonds is 6. The van der Waals surface area contributed by atoms with Crippen LogP contribution >= 0.6 is 0 Å². The monoisotopic (exact) mass is 499 g/mol. The Bertz CT molecular complexity index is 1260. The summed E-state index contributed by atoms with van der Waals surface area (Å²) in [7, 11) is 2.62. The number of benzodiazepines with no additional fused rings is 1. The molecule has 0 radical (unpaired) electrons. The number of para-hydroxylation sites is 1. The van der Waals surface area contributed by atoms with Crippen LogP contribution in [0.4, 0.5) is 23.2 Å². The molecule has 0 spiro atoms. The number of hydrogen-bond acceptors (Lipinski definition) is 4. The number of amides is 1. The van der Waals surface area contributed by atoms with Crippen LogP contribution < -0.4 is 10.2 Å². The molecule has 0 saturated heterocycles. The summed E-state index contributed by atoms with van der Waals surface area (Å²) in [4.78, 5) is 19.6. The molecule has 1 unspecified atom stereocenters. The van der Waals surface area contributed by atoms with Crippen LogP contribution in [-0.2, 0) is 15.1 Å². The van der Waals surface area contributed by atoms with Gasteiger partial charge in [0.15, 0.2) is 0 Å². The first-order valence-corrected chi connectivity index (χ1v) is 11.3. The highest BCUT2D eigenvalue weighted by atomic mass is 19.4. The Hall–Kier alpha value is -3.72. The van der Waals surface area contributed by atoms with Crippen LogP contribution in [0.1, 0.15) is 16.7 Å². The highest BCUT2D eigenvalue weighted by molar-refractivity contribution is 6.16. The average molecular weight is 500 g/mol. The van der Waals surface area contributed by atoms with Crippen molar-refractivity contribution in [3.8, 4) is 0 Å². The molecular formula is C27H25F4N3O2. The zero-order valence-electron chi connectivity index (χ0n) is 19.7. The first-order chi connectivity index (χ1) is 17.2. The zero-order valence-corrected chi connectivity index (χ0v) is 19.7. The fraction of sp³-hybridized carbons (Fsp3) is 0.259. The average Bonchev–Trinajstić information content (AvgIpc) is 3.00. The Labute approximate surface area is 206 Å². The molecule has 2 atom stereocenters. The third kappa shape index (κ3) is 4.46. The van der Waals surface area contributed by atoms with Crippen molar-refractivity contribution in [2.24, 2.45) is 4.99 Å². The second kappa shape index (κ2) is 10.1. The van der Waals surface area contributed by atoms with Crippen molar-refractivity contribution in [2.75, 3.05) is 32.1 Å². The number of aliphatic imine (C=N–C) groups is 1. The van der Waals surface area contributed by atoms with Gasteiger partial charge in [-0.05, 0) is 18.2 Å². The molecule has 1 aliphatic rings. The molecule has 1 aliphatic heterocycles. The molecule has 5 nitrogen and oxygen atoms in total. The van der Waals surface area contributed by atoms with Crippen molar-refractivity contribution in [2.45, 2.75) is 17.8 Å². The minimum atomic E-state index is -5.01. The van der Waals surface area contributed by atoms with Gasteiger partial charge in [-0.25, -0.2) is 4.39 Å². The third-order valence-electron chi connectivity index (χ3n) is 6.38. The molecule has 36 heavy (non-hydrogen) atoms. The number of nitrogens with one attached hydrogen (secondary N) is 1. The van der Waals surface area contributed by atoms with E-state index in [4.69, 9.17) is 4.74 Å². The van der Waals surface area contributed by atoms with Gasteiger partial charge < -0.3 is 15.0 Å². The van der Waals surface area contributed by atoms with E-state index in [9.17, 15) is 22.4 Å². The summed E-state index contributed by atoms with van der Waals surface area (Å²) in [6, 6.07) is 19.8. The number of hydrogen-bond donors (Lipinski definition) is 1. The second-order valence-electron chi connectivity index (χ2n) is 8.41. The third-order valence-corrected chi connectivity index (χ3v) is 6.38. The molecule has 0 aromatic heterocycles. The summed E-state index contributed by atoms with van der Waals surface area (Å²) < 4.78 is 62.2. The van der Waals surface area contributed by atoms with Crippen LogP contribution in [0.5, 0.6) is 0 Å². The normalized spacial score (nSPS) is 17.4. The minimum Gasteiger partial charge on any atom is -0.367 e. The number of likely N-dealkylation sites (N-methyl/N-ethyl adjacent to an activating group) is 1. The molecule has 1 amide bonds. The molecule has 4 rings (SSSR count). The number of carbonyl (C=O) groups is 1. The Kier molecular flexibility index (Phi) is 7.12. The number of fused-ring (bicyclic) bond motifs is 1. The molecule has 1 heterocycles. The number of methoxy groups -OCH3 is 1. The lowest BCUT2D eigenvalue weighted by Crippen LogP contribution is -2.57.